The molecule has 6 N–H and O–H groups in total. The van der Waals surface area contributed by atoms with Gasteiger partial charge in [-0.3, -0.25) is 4.79 Å². The fourth-order valence-electron chi connectivity index (χ4n) is 11.4. The monoisotopic (exact) mass is 694 g/mol. The first-order valence-corrected chi connectivity index (χ1v) is 18.2. The smallest absolute Gasteiger partial charge is 0.331 e. The van der Waals surface area contributed by atoms with Crippen LogP contribution in [0.1, 0.15) is 85.0 Å². The topological polar surface area (TPSA) is 202 Å². The van der Waals surface area contributed by atoms with Gasteiger partial charge in [-0.1, -0.05) is 13.8 Å². The first-order valence-electron chi connectivity index (χ1n) is 18.2. The van der Waals surface area contributed by atoms with Crippen LogP contribution in [0.2, 0.25) is 0 Å². The summed E-state index contributed by atoms with van der Waals surface area (Å²) in [4.78, 5) is 26.4. The molecule has 4 saturated carbocycles. The maximum Gasteiger partial charge on any atom is 0.331 e. The molecule has 6 fully saturated rings. The molecule has 0 radical (unpaired) electrons. The van der Waals surface area contributed by atoms with Crippen LogP contribution in [0.25, 0.3) is 0 Å². The first-order chi connectivity index (χ1) is 23.2. The number of cyclic esters (lactones) is 1. The van der Waals surface area contributed by atoms with Gasteiger partial charge in [0, 0.05) is 47.7 Å². The molecular weight excluding hydrogens is 640 g/mol. The molecule has 7 aliphatic rings. The van der Waals surface area contributed by atoms with Crippen LogP contribution >= 0.6 is 0 Å². The van der Waals surface area contributed by atoms with Crippen molar-refractivity contribution < 1.29 is 63.9 Å². The lowest BCUT2D eigenvalue weighted by atomic mass is 9.36. The van der Waals surface area contributed by atoms with Crippen LogP contribution < -0.4 is 0 Å². The predicted molar refractivity (Wildman–Crippen MR) is 169 cm³/mol. The molecule has 3 aliphatic heterocycles. The maximum atomic E-state index is 14.5. The third-order valence-corrected chi connectivity index (χ3v) is 14.2. The van der Waals surface area contributed by atoms with Crippen LogP contribution in [-0.4, -0.2) is 123 Å². The van der Waals surface area contributed by atoms with E-state index in [2.05, 4.69) is 13.8 Å². The van der Waals surface area contributed by atoms with Crippen molar-refractivity contribution in [2.75, 3.05) is 19.8 Å². The van der Waals surface area contributed by atoms with E-state index >= 15 is 0 Å². The van der Waals surface area contributed by atoms with E-state index in [4.69, 9.17) is 23.7 Å². The van der Waals surface area contributed by atoms with Gasteiger partial charge < -0.3 is 54.3 Å². The van der Waals surface area contributed by atoms with Crippen molar-refractivity contribution >= 4 is 11.8 Å². The minimum atomic E-state index is -1.58. The Kier molecular flexibility index (Phi) is 9.41. The average molecular weight is 695 g/mol. The summed E-state index contributed by atoms with van der Waals surface area (Å²) < 4.78 is 29.5. The van der Waals surface area contributed by atoms with Crippen molar-refractivity contribution in [2.24, 2.45) is 34.0 Å². The molecule has 3 heterocycles. The van der Waals surface area contributed by atoms with E-state index in [1.54, 1.807) is 13.0 Å². The fraction of sp³-hybridized carbons (Fsp3) is 0.889. The number of Topliss-reactive ketones (excluding diaryl/α,β-unsaturated/α-hetero) is 1. The molecule has 0 amide bonds. The first kappa shape index (κ1) is 35.9. The third-order valence-electron chi connectivity index (χ3n) is 14.2. The highest BCUT2D eigenvalue weighted by atomic mass is 16.7. The second kappa shape index (κ2) is 12.9. The number of ether oxygens (including phenoxy) is 5. The van der Waals surface area contributed by atoms with Gasteiger partial charge in [-0.25, -0.2) is 4.79 Å². The van der Waals surface area contributed by atoms with Gasteiger partial charge in [-0.15, -0.1) is 0 Å². The predicted octanol–water partition coefficient (Wildman–Crippen LogP) is 0.880. The van der Waals surface area contributed by atoms with Crippen molar-refractivity contribution in [3.8, 4) is 0 Å². The molecule has 1 spiro atoms. The lowest BCUT2D eigenvalue weighted by Crippen LogP contribution is -2.69. The van der Waals surface area contributed by atoms with Gasteiger partial charge in [0.1, 0.15) is 36.8 Å². The Bertz CT molecular complexity index is 1320. The van der Waals surface area contributed by atoms with Crippen LogP contribution in [0.4, 0.5) is 0 Å². The SMILES string of the molecule is C[C@H]1O[C@@H](O[C@H]2CC[C@]3(C)[C@H]4CC[C@@]5(C)C(=O)[C@]4(CC[C@@H]5C4=CC(=O)OC4)CC[C@]3(O)C2)C[C@@H](CO)[C@@H]1O[C@@H]1O[C@H](CO)[C@@H](O)[C@H](O)[C@H]1O. The summed E-state index contributed by atoms with van der Waals surface area (Å²) in [6.45, 7) is 5.44. The fourth-order valence-corrected chi connectivity index (χ4v) is 11.4. The number of fused-ring (bicyclic) bond motifs is 3. The summed E-state index contributed by atoms with van der Waals surface area (Å²) >= 11 is 0. The van der Waals surface area contributed by atoms with E-state index in [1.807, 2.05) is 0 Å². The van der Waals surface area contributed by atoms with E-state index in [-0.39, 0.29) is 43.5 Å². The third kappa shape index (κ3) is 5.57. The minimum absolute atomic E-state index is 0.0126. The van der Waals surface area contributed by atoms with Gasteiger partial charge in [0.25, 0.3) is 0 Å². The summed E-state index contributed by atoms with van der Waals surface area (Å²) in [6, 6.07) is 0. The molecule has 0 unspecified atom stereocenters. The van der Waals surface area contributed by atoms with Crippen LogP contribution in [0, 0.1) is 34.0 Å². The highest BCUT2D eigenvalue weighted by molar-refractivity contribution is 5.94. The zero-order valence-corrected chi connectivity index (χ0v) is 28.7. The number of rotatable bonds is 7. The van der Waals surface area contributed by atoms with Gasteiger partial charge in [-0.05, 0) is 75.7 Å². The molecule has 2 bridgehead atoms. The lowest BCUT2D eigenvalue weighted by molar-refractivity contribution is -0.342. The van der Waals surface area contributed by atoms with E-state index in [0.29, 0.717) is 37.9 Å². The average Bonchev–Trinajstić information content (AvgIpc) is 3.49. The normalized spacial score (nSPS) is 53.0. The number of hydrogen-bond acceptors (Lipinski definition) is 13. The van der Waals surface area contributed by atoms with Crippen molar-refractivity contribution in [3.63, 3.8) is 0 Å². The second-order valence-electron chi connectivity index (χ2n) is 16.6. The van der Waals surface area contributed by atoms with Gasteiger partial charge in [0.05, 0.1) is 30.5 Å². The number of aliphatic hydroxyl groups excluding tert-OH is 5. The molecular formula is C36H54O13. The number of hydrogen-bond donors (Lipinski definition) is 6. The lowest BCUT2D eigenvalue weighted by Gasteiger charge is -2.68. The Morgan fingerprint density at radius 2 is 1.67 bits per heavy atom. The molecule has 0 aromatic rings. The number of aliphatic hydroxyl groups is 6. The minimum Gasteiger partial charge on any atom is -0.458 e. The van der Waals surface area contributed by atoms with E-state index in [1.165, 1.54) is 0 Å². The van der Waals surface area contributed by atoms with Crippen LogP contribution in [-0.2, 0) is 33.3 Å². The standard InChI is InChI=1S/C36H54O13/c1-18-30(49-31-29(42)28(41)27(40)23(16-38)48-31)19(15-37)13-26(46-18)47-21-4-8-34(3)24-6-7-33(2)22(20-12-25(39)45-17-20)5-9-35(24,32(33)43)10-11-36(34,44)14-21/h12,18-19,21-24,26-31,37-38,40-42,44H,4-11,13-17H2,1-3H3/t18-,19+,21+,22-,23-,24-,26+,27-,28+,29-,30-,31+,33-,34-,35-,36+/m1/s1. The van der Waals surface area contributed by atoms with E-state index in [9.17, 15) is 40.2 Å². The van der Waals surface area contributed by atoms with E-state index < -0.39 is 83.6 Å². The molecule has 0 aromatic carbocycles. The number of carbonyl (C=O) groups excluding carboxylic acids is 2. The summed E-state index contributed by atoms with van der Waals surface area (Å²) in [5, 5.41) is 63.1. The summed E-state index contributed by atoms with van der Waals surface area (Å²) in [7, 11) is 0. The largest absolute Gasteiger partial charge is 0.458 e. The van der Waals surface area contributed by atoms with Crippen LogP contribution in [0.15, 0.2) is 11.6 Å². The highest BCUT2D eigenvalue weighted by Crippen LogP contribution is 2.71. The molecule has 276 valence electrons. The van der Waals surface area contributed by atoms with Crippen LogP contribution in [0.5, 0.6) is 0 Å². The zero-order valence-electron chi connectivity index (χ0n) is 28.7. The molecule has 4 aliphatic carbocycles. The molecule has 13 nitrogen and oxygen atoms in total. The Morgan fingerprint density at radius 3 is 2.37 bits per heavy atom. The van der Waals surface area contributed by atoms with Crippen molar-refractivity contribution in [1.29, 1.82) is 0 Å². The second-order valence-corrected chi connectivity index (χ2v) is 16.6. The van der Waals surface area contributed by atoms with Crippen molar-refractivity contribution in [1.82, 2.24) is 0 Å². The van der Waals surface area contributed by atoms with E-state index in [0.717, 1.165) is 31.3 Å². The summed E-state index contributed by atoms with van der Waals surface area (Å²) in [5.74, 6) is -0.416. The Balaban J connectivity index is 1.00. The number of carbonyl (C=O) groups is 2. The Morgan fingerprint density at radius 1 is 0.898 bits per heavy atom. The van der Waals surface area contributed by atoms with Crippen LogP contribution in [0.3, 0.4) is 0 Å². The number of ketones is 1. The summed E-state index contributed by atoms with van der Waals surface area (Å²) in [5.41, 5.74) is -1.55. The van der Waals surface area contributed by atoms with Gasteiger partial charge >= 0.3 is 5.97 Å². The molecule has 49 heavy (non-hydrogen) atoms. The molecule has 16 atom stereocenters. The molecule has 13 heteroatoms. The van der Waals surface area contributed by atoms with Crippen molar-refractivity contribution in [3.05, 3.63) is 11.6 Å². The zero-order chi connectivity index (χ0) is 35.1. The maximum absolute atomic E-state index is 14.5. The molecule has 2 saturated heterocycles. The quantitative estimate of drug-likeness (QED) is 0.162. The van der Waals surface area contributed by atoms with Gasteiger partial charge in [0.2, 0.25) is 0 Å². The highest BCUT2D eigenvalue weighted by Gasteiger charge is 2.71. The Hall–Kier alpha value is -1.52. The Labute approximate surface area is 286 Å². The van der Waals surface area contributed by atoms with Gasteiger partial charge in [0.15, 0.2) is 12.6 Å². The number of esters is 1. The van der Waals surface area contributed by atoms with Crippen molar-refractivity contribution in [2.45, 2.75) is 146 Å². The summed E-state index contributed by atoms with van der Waals surface area (Å²) in [6.07, 6.45) is -1.45. The van der Waals surface area contributed by atoms with Gasteiger partial charge in [-0.2, -0.15) is 0 Å². The molecule has 0 aromatic heterocycles. The molecule has 7 rings (SSSR count).